The molecule has 2 aromatic carbocycles. The number of amides is 1. The summed E-state index contributed by atoms with van der Waals surface area (Å²) in [4.78, 5) is 12.9. The Morgan fingerprint density at radius 1 is 1.27 bits per heavy atom. The molecule has 0 unspecified atom stereocenters. The largest absolute Gasteiger partial charge is 0.436 e. The zero-order valence-electron chi connectivity index (χ0n) is 14.8. The van der Waals surface area contributed by atoms with Crippen LogP contribution in [-0.2, 0) is 12.1 Å². The van der Waals surface area contributed by atoms with E-state index in [9.17, 15) is 22.4 Å². The van der Waals surface area contributed by atoms with E-state index in [1.54, 1.807) is 0 Å². The molecule has 0 radical (unpaired) electrons. The Balaban J connectivity index is 2.14. The molecule has 1 heterocycles. The monoisotopic (exact) mass is 548 g/mol. The fourth-order valence-electron chi connectivity index (χ4n) is 2.60. The summed E-state index contributed by atoms with van der Waals surface area (Å²) in [5.41, 5.74) is -1.21. The summed E-state index contributed by atoms with van der Waals surface area (Å²) in [6.45, 7) is 0. The van der Waals surface area contributed by atoms with E-state index in [1.807, 2.05) is 6.07 Å². The average molecular weight is 549 g/mol. The molecule has 0 atom stereocenters. The molecule has 0 saturated carbocycles. The number of carbonyl (C=O) groups excluding carboxylic acids is 1. The quantitative estimate of drug-likeness (QED) is 0.266. The van der Waals surface area contributed by atoms with E-state index in [1.165, 1.54) is 59.0 Å². The first-order valence-electron chi connectivity index (χ1n) is 8.17. The number of nitrogens with zero attached hydrogens (tertiary/aromatic N) is 3. The third-order valence-electron chi connectivity index (χ3n) is 3.96. The second-order valence-corrected chi connectivity index (χ2v) is 7.33. The first-order valence-corrected chi connectivity index (χ1v) is 9.79. The highest BCUT2D eigenvalue weighted by Gasteiger charge is 2.40. The zero-order valence-corrected chi connectivity index (χ0v) is 17.7. The molecule has 3 aromatic rings. The Labute approximate surface area is 186 Å². The van der Waals surface area contributed by atoms with Crippen molar-refractivity contribution >= 4 is 45.8 Å². The van der Waals surface area contributed by atoms with E-state index in [4.69, 9.17) is 16.9 Å². The molecule has 1 N–H and O–H groups in total. The van der Waals surface area contributed by atoms with Gasteiger partial charge >= 0.3 is 6.18 Å². The van der Waals surface area contributed by atoms with Crippen molar-refractivity contribution in [1.29, 1.82) is 5.26 Å². The first-order chi connectivity index (χ1) is 14.2. The average Bonchev–Trinajstić information content (AvgIpc) is 3.07. The summed E-state index contributed by atoms with van der Waals surface area (Å²) in [5, 5.41) is 14.9. The van der Waals surface area contributed by atoms with Crippen molar-refractivity contribution in [3.05, 3.63) is 74.4 Å². The van der Waals surface area contributed by atoms with Crippen molar-refractivity contribution in [1.82, 2.24) is 9.78 Å². The Morgan fingerprint density at radius 2 is 2.00 bits per heavy atom. The van der Waals surface area contributed by atoms with Gasteiger partial charge in [0.2, 0.25) is 0 Å². The highest BCUT2D eigenvalue weighted by molar-refractivity contribution is 14.1. The van der Waals surface area contributed by atoms with E-state index in [2.05, 4.69) is 10.4 Å². The first kappa shape index (κ1) is 22.0. The molecule has 11 heteroatoms. The fraction of sp³-hybridized carbons (Fsp3) is 0.105. The van der Waals surface area contributed by atoms with Crippen molar-refractivity contribution in [2.45, 2.75) is 12.1 Å². The molecule has 154 valence electrons. The fourth-order valence-corrected chi connectivity index (χ4v) is 3.66. The summed E-state index contributed by atoms with van der Waals surface area (Å²) in [5.74, 6) is -1.73. The Bertz CT molecular complexity index is 1170. The Kier molecular flexibility index (Phi) is 6.33. The number of nitriles is 1. The number of carbonyl (C=O) groups is 1. The lowest BCUT2D eigenvalue weighted by atomic mass is 10.2. The molecule has 1 aromatic heterocycles. The van der Waals surface area contributed by atoms with Crippen LogP contribution in [0.25, 0.3) is 5.69 Å². The van der Waals surface area contributed by atoms with E-state index in [0.29, 0.717) is 5.56 Å². The predicted molar refractivity (Wildman–Crippen MR) is 110 cm³/mol. The topological polar surface area (TPSA) is 70.7 Å². The maximum Gasteiger partial charge on any atom is 0.436 e. The lowest BCUT2D eigenvalue weighted by molar-refractivity contribution is -0.142. The van der Waals surface area contributed by atoms with E-state index >= 15 is 0 Å². The molecule has 0 fully saturated rings. The molecule has 0 spiro atoms. The normalized spacial score (nSPS) is 11.2. The number of halogens is 6. The van der Waals surface area contributed by atoms with Gasteiger partial charge in [0.1, 0.15) is 11.5 Å². The number of benzene rings is 2. The summed E-state index contributed by atoms with van der Waals surface area (Å²) >= 11 is 7.08. The molecule has 0 aliphatic heterocycles. The second-order valence-electron chi connectivity index (χ2n) is 5.98. The minimum absolute atomic E-state index is 0.0534. The number of hydrogen-bond acceptors (Lipinski definition) is 3. The van der Waals surface area contributed by atoms with Gasteiger partial charge in [0.05, 0.1) is 26.6 Å². The smallest absolute Gasteiger partial charge is 0.318 e. The highest BCUT2D eigenvalue weighted by Crippen LogP contribution is 2.35. The molecular weight excluding hydrogens is 539 g/mol. The van der Waals surface area contributed by atoms with Gasteiger partial charge < -0.3 is 5.32 Å². The van der Waals surface area contributed by atoms with Gasteiger partial charge in [-0.15, -0.1) is 11.6 Å². The van der Waals surface area contributed by atoms with E-state index < -0.39 is 32.9 Å². The van der Waals surface area contributed by atoms with Crippen LogP contribution in [0, 0.1) is 20.7 Å². The highest BCUT2D eigenvalue weighted by atomic mass is 127. The number of nitrogens with one attached hydrogen (secondary N) is 1. The van der Waals surface area contributed by atoms with Gasteiger partial charge in [-0.2, -0.15) is 23.5 Å². The Morgan fingerprint density at radius 3 is 2.63 bits per heavy atom. The molecule has 0 saturated heterocycles. The van der Waals surface area contributed by atoms with Crippen LogP contribution in [0.5, 0.6) is 0 Å². The van der Waals surface area contributed by atoms with Crippen LogP contribution in [0.1, 0.15) is 27.3 Å². The van der Waals surface area contributed by atoms with Gasteiger partial charge in [-0.05, 0) is 58.5 Å². The van der Waals surface area contributed by atoms with E-state index in [-0.39, 0.29) is 22.8 Å². The van der Waals surface area contributed by atoms with Crippen LogP contribution in [0.4, 0.5) is 23.2 Å². The SMILES string of the molecule is N#Cc1cccc(-n2nc(C(F)(F)F)c(I)c2C(=O)Nc2cc(CCl)ccc2F)c1. The van der Waals surface area contributed by atoms with Crippen molar-refractivity contribution in [3.63, 3.8) is 0 Å². The standard InChI is InChI=1S/C19H10ClF4IN4O/c20-8-10-4-5-13(21)14(7-10)27-18(30)16-15(25)17(19(22,23)24)28-29(16)12-3-1-2-11(6-12)9-26/h1-7H,8H2,(H,27,30). The molecule has 0 aliphatic rings. The maximum absolute atomic E-state index is 14.1. The molecular formula is C19H10ClF4IN4O. The Hall–Kier alpha value is -2.65. The minimum atomic E-state index is -4.83. The van der Waals surface area contributed by atoms with Crippen LogP contribution >= 0.6 is 34.2 Å². The maximum atomic E-state index is 14.1. The molecule has 5 nitrogen and oxygen atoms in total. The second kappa shape index (κ2) is 8.61. The number of aromatic nitrogens is 2. The van der Waals surface area contributed by atoms with Crippen molar-refractivity contribution in [2.24, 2.45) is 0 Å². The third-order valence-corrected chi connectivity index (χ3v) is 5.29. The summed E-state index contributed by atoms with van der Waals surface area (Å²) in [6, 6.07) is 11.2. The molecule has 0 bridgehead atoms. The summed E-state index contributed by atoms with van der Waals surface area (Å²) < 4.78 is 54.7. The van der Waals surface area contributed by atoms with Gasteiger partial charge in [0.15, 0.2) is 5.69 Å². The molecule has 0 aliphatic carbocycles. The van der Waals surface area contributed by atoms with E-state index in [0.717, 1.165) is 10.7 Å². The van der Waals surface area contributed by atoms with Crippen LogP contribution in [0.3, 0.4) is 0 Å². The van der Waals surface area contributed by atoms with Crippen molar-refractivity contribution < 1.29 is 22.4 Å². The lowest BCUT2D eigenvalue weighted by Gasteiger charge is -2.11. The van der Waals surface area contributed by atoms with Gasteiger partial charge in [-0.3, -0.25) is 4.79 Å². The number of alkyl halides is 4. The summed E-state index contributed by atoms with van der Waals surface area (Å²) in [7, 11) is 0. The van der Waals surface area contributed by atoms with Crippen LogP contribution in [0.2, 0.25) is 0 Å². The predicted octanol–water partition coefficient (Wildman–Crippen LogP) is 5.50. The lowest BCUT2D eigenvalue weighted by Crippen LogP contribution is -2.19. The minimum Gasteiger partial charge on any atom is -0.318 e. The summed E-state index contributed by atoms with van der Waals surface area (Å²) in [6.07, 6.45) is -4.83. The molecule has 1 amide bonds. The number of rotatable bonds is 4. The molecule has 30 heavy (non-hydrogen) atoms. The number of anilines is 1. The van der Waals surface area contributed by atoms with Crippen LogP contribution in [-0.4, -0.2) is 15.7 Å². The van der Waals surface area contributed by atoms with Crippen LogP contribution in [0.15, 0.2) is 42.5 Å². The zero-order chi connectivity index (χ0) is 22.1. The van der Waals surface area contributed by atoms with Crippen molar-refractivity contribution in [3.8, 4) is 11.8 Å². The molecule has 3 rings (SSSR count). The van der Waals surface area contributed by atoms with Crippen LogP contribution < -0.4 is 5.32 Å². The van der Waals surface area contributed by atoms with Gasteiger partial charge in [-0.1, -0.05) is 12.1 Å². The van der Waals surface area contributed by atoms with Crippen molar-refractivity contribution in [2.75, 3.05) is 5.32 Å². The van der Waals surface area contributed by atoms with Gasteiger partial charge in [-0.25, -0.2) is 9.07 Å². The van der Waals surface area contributed by atoms with Gasteiger partial charge in [0.25, 0.3) is 5.91 Å². The number of hydrogen-bond donors (Lipinski definition) is 1. The van der Waals surface area contributed by atoms with Gasteiger partial charge in [0, 0.05) is 5.88 Å². The third kappa shape index (κ3) is 4.41.